The summed E-state index contributed by atoms with van der Waals surface area (Å²) in [5, 5.41) is 2.79. The molecule has 0 aliphatic carbocycles. The molecule has 1 fully saturated rings. The third kappa shape index (κ3) is 3.67. The molecule has 1 aliphatic heterocycles. The van der Waals surface area contributed by atoms with Gasteiger partial charge in [0.25, 0.3) is 5.91 Å². The van der Waals surface area contributed by atoms with Crippen molar-refractivity contribution in [3.05, 3.63) is 65.7 Å². The Morgan fingerprint density at radius 1 is 1.16 bits per heavy atom. The van der Waals surface area contributed by atoms with Crippen LogP contribution in [0.3, 0.4) is 0 Å². The van der Waals surface area contributed by atoms with Gasteiger partial charge in [0.15, 0.2) is 0 Å². The SMILES string of the molecule is CCCNC(=O)c1ccc(N2C(c3ccccc3)COS2(=O)=O)cc1. The highest BCUT2D eigenvalue weighted by atomic mass is 32.2. The molecule has 0 aromatic heterocycles. The maximum Gasteiger partial charge on any atom is 0.363 e. The second-order valence-electron chi connectivity index (χ2n) is 5.77. The van der Waals surface area contributed by atoms with Gasteiger partial charge in [-0.1, -0.05) is 37.3 Å². The van der Waals surface area contributed by atoms with E-state index in [-0.39, 0.29) is 12.5 Å². The van der Waals surface area contributed by atoms with Crippen molar-refractivity contribution in [2.24, 2.45) is 0 Å². The van der Waals surface area contributed by atoms with Crippen LogP contribution in [-0.4, -0.2) is 27.5 Å². The van der Waals surface area contributed by atoms with E-state index in [1.165, 1.54) is 4.31 Å². The van der Waals surface area contributed by atoms with Crippen LogP contribution in [0.25, 0.3) is 0 Å². The van der Waals surface area contributed by atoms with Gasteiger partial charge in [0.1, 0.15) is 0 Å². The summed E-state index contributed by atoms with van der Waals surface area (Å²) in [7, 11) is -3.85. The molecule has 0 bridgehead atoms. The van der Waals surface area contributed by atoms with E-state index in [4.69, 9.17) is 4.18 Å². The second kappa shape index (κ2) is 7.25. The van der Waals surface area contributed by atoms with E-state index in [1.54, 1.807) is 24.3 Å². The van der Waals surface area contributed by atoms with E-state index in [2.05, 4.69) is 5.32 Å². The molecular formula is C18H20N2O4S. The number of amides is 1. The highest BCUT2D eigenvalue weighted by molar-refractivity contribution is 7.88. The minimum absolute atomic E-state index is 0.0606. The van der Waals surface area contributed by atoms with Crippen LogP contribution in [0, 0.1) is 0 Å². The smallest absolute Gasteiger partial charge is 0.352 e. The molecule has 1 heterocycles. The molecule has 1 amide bonds. The van der Waals surface area contributed by atoms with E-state index in [9.17, 15) is 13.2 Å². The molecule has 0 saturated carbocycles. The van der Waals surface area contributed by atoms with Crippen LogP contribution < -0.4 is 9.62 Å². The zero-order chi connectivity index (χ0) is 17.9. The lowest BCUT2D eigenvalue weighted by molar-refractivity contribution is 0.0953. The van der Waals surface area contributed by atoms with Crippen LogP contribution in [-0.2, 0) is 14.5 Å². The third-order valence-corrected chi connectivity index (χ3v) is 5.38. The Balaban J connectivity index is 1.89. The zero-order valence-corrected chi connectivity index (χ0v) is 14.7. The number of hydrogen-bond acceptors (Lipinski definition) is 4. The molecule has 3 rings (SSSR count). The molecule has 1 saturated heterocycles. The zero-order valence-electron chi connectivity index (χ0n) is 13.9. The normalized spacial score (nSPS) is 18.9. The lowest BCUT2D eigenvalue weighted by Gasteiger charge is -2.23. The lowest BCUT2D eigenvalue weighted by Crippen LogP contribution is -2.28. The largest absolute Gasteiger partial charge is 0.363 e. The van der Waals surface area contributed by atoms with Crippen LogP contribution in [0.15, 0.2) is 54.6 Å². The first-order valence-corrected chi connectivity index (χ1v) is 9.51. The summed E-state index contributed by atoms with van der Waals surface area (Å²) in [6.45, 7) is 2.64. The van der Waals surface area contributed by atoms with Crippen LogP contribution in [0.4, 0.5) is 5.69 Å². The fourth-order valence-corrected chi connectivity index (χ4v) is 4.04. The third-order valence-electron chi connectivity index (χ3n) is 4.00. The van der Waals surface area contributed by atoms with Gasteiger partial charge in [0, 0.05) is 12.1 Å². The Labute approximate surface area is 147 Å². The fraction of sp³-hybridized carbons (Fsp3) is 0.278. The first-order chi connectivity index (χ1) is 12.0. The number of benzene rings is 2. The lowest BCUT2D eigenvalue weighted by atomic mass is 10.1. The van der Waals surface area contributed by atoms with E-state index in [0.717, 1.165) is 12.0 Å². The van der Waals surface area contributed by atoms with Crippen molar-refractivity contribution in [2.75, 3.05) is 17.5 Å². The topological polar surface area (TPSA) is 75.7 Å². The van der Waals surface area contributed by atoms with E-state index in [1.807, 2.05) is 37.3 Å². The van der Waals surface area contributed by atoms with E-state index < -0.39 is 16.3 Å². The van der Waals surface area contributed by atoms with Gasteiger partial charge in [0.2, 0.25) is 0 Å². The molecule has 2 aromatic rings. The van der Waals surface area contributed by atoms with Crippen molar-refractivity contribution in [3.63, 3.8) is 0 Å². The van der Waals surface area contributed by atoms with Crippen molar-refractivity contribution >= 4 is 21.9 Å². The van der Waals surface area contributed by atoms with Crippen LogP contribution in [0.2, 0.25) is 0 Å². The van der Waals surface area contributed by atoms with E-state index >= 15 is 0 Å². The van der Waals surface area contributed by atoms with Crippen molar-refractivity contribution in [1.29, 1.82) is 0 Å². The average Bonchev–Trinajstić information content (AvgIpc) is 2.95. The van der Waals surface area contributed by atoms with Gasteiger partial charge in [0.05, 0.1) is 18.3 Å². The van der Waals surface area contributed by atoms with Gasteiger partial charge in [-0.2, -0.15) is 8.42 Å². The molecule has 1 atom stereocenters. The van der Waals surface area contributed by atoms with Crippen LogP contribution >= 0.6 is 0 Å². The molecule has 132 valence electrons. The highest BCUT2D eigenvalue weighted by Crippen LogP contribution is 2.36. The summed E-state index contributed by atoms with van der Waals surface area (Å²) in [6.07, 6.45) is 0.853. The summed E-state index contributed by atoms with van der Waals surface area (Å²) in [5.41, 5.74) is 1.82. The minimum Gasteiger partial charge on any atom is -0.352 e. The number of carbonyl (C=O) groups is 1. The maximum atomic E-state index is 12.3. The summed E-state index contributed by atoms with van der Waals surface area (Å²) < 4.78 is 30.9. The number of anilines is 1. The van der Waals surface area contributed by atoms with E-state index in [0.29, 0.717) is 17.8 Å². The van der Waals surface area contributed by atoms with Gasteiger partial charge in [-0.15, -0.1) is 0 Å². The average molecular weight is 360 g/mol. The van der Waals surface area contributed by atoms with Gasteiger partial charge in [-0.3, -0.25) is 8.98 Å². The molecule has 1 aliphatic rings. The first kappa shape index (κ1) is 17.4. The first-order valence-electron chi connectivity index (χ1n) is 8.15. The quantitative estimate of drug-likeness (QED) is 0.889. The summed E-state index contributed by atoms with van der Waals surface area (Å²) in [5.74, 6) is -0.173. The minimum atomic E-state index is -3.85. The Bertz CT molecular complexity index is 835. The molecule has 25 heavy (non-hydrogen) atoms. The summed E-state index contributed by atoms with van der Waals surface area (Å²) >= 11 is 0. The molecule has 6 nitrogen and oxygen atoms in total. The summed E-state index contributed by atoms with van der Waals surface area (Å²) in [4.78, 5) is 12.0. The predicted octanol–water partition coefficient (Wildman–Crippen LogP) is 2.65. The van der Waals surface area contributed by atoms with Gasteiger partial charge in [-0.25, -0.2) is 4.31 Å². The summed E-state index contributed by atoms with van der Waals surface area (Å²) in [6, 6.07) is 15.4. The Morgan fingerprint density at radius 3 is 2.48 bits per heavy atom. The maximum absolute atomic E-state index is 12.3. The second-order valence-corrected chi connectivity index (χ2v) is 7.25. The number of carbonyl (C=O) groups excluding carboxylic acids is 1. The Kier molecular flexibility index (Phi) is 5.06. The van der Waals surface area contributed by atoms with Crippen molar-refractivity contribution < 1.29 is 17.4 Å². The molecule has 1 N–H and O–H groups in total. The molecular weight excluding hydrogens is 340 g/mol. The fourth-order valence-electron chi connectivity index (χ4n) is 2.75. The predicted molar refractivity (Wildman–Crippen MR) is 95.6 cm³/mol. The molecule has 7 heteroatoms. The molecule has 0 spiro atoms. The highest BCUT2D eigenvalue weighted by Gasteiger charge is 2.39. The molecule has 0 radical (unpaired) electrons. The van der Waals surface area contributed by atoms with Gasteiger partial charge in [-0.05, 0) is 36.2 Å². The number of hydrogen-bond donors (Lipinski definition) is 1. The molecule has 1 unspecified atom stereocenters. The van der Waals surface area contributed by atoms with Crippen molar-refractivity contribution in [1.82, 2.24) is 5.32 Å². The van der Waals surface area contributed by atoms with Crippen LogP contribution in [0.1, 0.15) is 35.3 Å². The van der Waals surface area contributed by atoms with Gasteiger partial charge < -0.3 is 5.32 Å². The Hall–Kier alpha value is -2.38. The number of nitrogens with zero attached hydrogens (tertiary/aromatic N) is 1. The van der Waals surface area contributed by atoms with Crippen LogP contribution in [0.5, 0.6) is 0 Å². The van der Waals surface area contributed by atoms with Gasteiger partial charge >= 0.3 is 10.3 Å². The standard InChI is InChI=1S/C18H20N2O4S/c1-2-12-19-18(21)15-8-10-16(11-9-15)20-17(13-24-25(20,22)23)14-6-4-3-5-7-14/h3-11,17H,2,12-13H2,1H3,(H,19,21). The Morgan fingerprint density at radius 2 is 1.84 bits per heavy atom. The number of rotatable bonds is 5. The monoisotopic (exact) mass is 360 g/mol. The molecule has 2 aromatic carbocycles. The van der Waals surface area contributed by atoms with Crippen molar-refractivity contribution in [2.45, 2.75) is 19.4 Å². The number of nitrogens with one attached hydrogen (secondary N) is 1. The van der Waals surface area contributed by atoms with Crippen molar-refractivity contribution in [3.8, 4) is 0 Å².